The van der Waals surface area contributed by atoms with Crippen LogP contribution in [0.5, 0.6) is 0 Å². The first-order valence-electron chi connectivity index (χ1n) is 6.42. The van der Waals surface area contributed by atoms with Gasteiger partial charge in [0.1, 0.15) is 0 Å². The van der Waals surface area contributed by atoms with Gasteiger partial charge in [-0.1, -0.05) is 30.7 Å². The second-order valence-corrected chi connectivity index (χ2v) is 5.10. The molecule has 0 radical (unpaired) electrons. The van der Waals surface area contributed by atoms with E-state index in [0.717, 1.165) is 25.1 Å². The van der Waals surface area contributed by atoms with Gasteiger partial charge in [-0.2, -0.15) is 0 Å². The molecule has 1 saturated heterocycles. The Balaban J connectivity index is 2.11. The van der Waals surface area contributed by atoms with Crippen LogP contribution in [0.15, 0.2) is 24.3 Å². The summed E-state index contributed by atoms with van der Waals surface area (Å²) in [6, 6.07) is 7.79. The van der Waals surface area contributed by atoms with E-state index in [4.69, 9.17) is 11.6 Å². The number of amides is 1. The summed E-state index contributed by atoms with van der Waals surface area (Å²) >= 11 is 5.99. The molecule has 2 rings (SSSR count). The van der Waals surface area contributed by atoms with Crippen LogP contribution in [0.2, 0.25) is 5.02 Å². The van der Waals surface area contributed by atoms with Crippen molar-refractivity contribution in [3.63, 3.8) is 0 Å². The first-order chi connectivity index (χ1) is 8.63. The van der Waals surface area contributed by atoms with Crippen molar-refractivity contribution in [1.82, 2.24) is 10.2 Å². The topological polar surface area (TPSA) is 32.3 Å². The highest BCUT2D eigenvalue weighted by molar-refractivity contribution is 6.30. The van der Waals surface area contributed by atoms with Gasteiger partial charge in [0.25, 0.3) is 0 Å². The van der Waals surface area contributed by atoms with Crippen molar-refractivity contribution in [3.8, 4) is 0 Å². The summed E-state index contributed by atoms with van der Waals surface area (Å²) in [6.07, 6.45) is 0.886. The zero-order valence-corrected chi connectivity index (χ0v) is 11.6. The van der Waals surface area contributed by atoms with E-state index in [9.17, 15) is 4.79 Å². The Morgan fingerprint density at radius 3 is 3.00 bits per heavy atom. The van der Waals surface area contributed by atoms with Gasteiger partial charge in [-0.25, -0.2) is 0 Å². The third kappa shape index (κ3) is 2.68. The molecule has 1 heterocycles. The second kappa shape index (κ2) is 5.72. The zero-order valence-electron chi connectivity index (χ0n) is 10.8. The van der Waals surface area contributed by atoms with Crippen LogP contribution in [0.1, 0.15) is 31.9 Å². The summed E-state index contributed by atoms with van der Waals surface area (Å²) in [5, 5.41) is 3.94. The molecule has 1 aromatic carbocycles. The van der Waals surface area contributed by atoms with E-state index in [1.807, 2.05) is 36.1 Å². The molecule has 1 aromatic rings. The molecule has 4 heteroatoms. The van der Waals surface area contributed by atoms with Crippen LogP contribution in [0.3, 0.4) is 0 Å². The molecule has 0 bridgehead atoms. The number of carbonyl (C=O) groups excluding carboxylic acids is 1. The standard InChI is InChI=1S/C14H19ClN2O/c1-3-16-13-7-8-17(14(13)18)10(2)11-5-4-6-12(15)9-11/h4-6,9-10,13,16H,3,7-8H2,1-2H3. The second-order valence-electron chi connectivity index (χ2n) is 4.66. The minimum atomic E-state index is -0.0170. The Bertz CT molecular complexity index is 436. The first-order valence-corrected chi connectivity index (χ1v) is 6.80. The predicted octanol–water partition coefficient (Wildman–Crippen LogP) is 2.61. The molecule has 18 heavy (non-hydrogen) atoms. The van der Waals surface area contributed by atoms with Crippen molar-refractivity contribution in [1.29, 1.82) is 0 Å². The lowest BCUT2D eigenvalue weighted by Gasteiger charge is -2.25. The van der Waals surface area contributed by atoms with Gasteiger partial charge in [-0.15, -0.1) is 0 Å². The van der Waals surface area contributed by atoms with Gasteiger partial charge in [-0.05, 0) is 37.6 Å². The van der Waals surface area contributed by atoms with Crippen molar-refractivity contribution in [2.75, 3.05) is 13.1 Å². The van der Waals surface area contributed by atoms with Crippen LogP contribution in [0.25, 0.3) is 0 Å². The highest BCUT2D eigenvalue weighted by atomic mass is 35.5. The third-order valence-electron chi connectivity index (χ3n) is 3.49. The Labute approximate surface area is 113 Å². The van der Waals surface area contributed by atoms with E-state index in [1.54, 1.807) is 0 Å². The fourth-order valence-corrected chi connectivity index (χ4v) is 2.67. The molecular weight excluding hydrogens is 248 g/mol. The maximum atomic E-state index is 12.2. The number of likely N-dealkylation sites (tertiary alicyclic amines) is 1. The molecule has 0 saturated carbocycles. The quantitative estimate of drug-likeness (QED) is 0.909. The molecule has 2 atom stereocenters. The maximum absolute atomic E-state index is 12.2. The fraction of sp³-hybridized carbons (Fsp3) is 0.500. The van der Waals surface area contributed by atoms with Gasteiger partial charge in [0, 0.05) is 11.6 Å². The molecule has 3 nitrogen and oxygen atoms in total. The van der Waals surface area contributed by atoms with Gasteiger partial charge in [0.05, 0.1) is 12.1 Å². The third-order valence-corrected chi connectivity index (χ3v) is 3.72. The number of rotatable bonds is 4. The summed E-state index contributed by atoms with van der Waals surface area (Å²) in [5.41, 5.74) is 1.09. The SMILES string of the molecule is CCNC1CCN(C(C)c2cccc(Cl)c2)C1=O. The smallest absolute Gasteiger partial charge is 0.240 e. The van der Waals surface area contributed by atoms with Gasteiger partial charge < -0.3 is 10.2 Å². The lowest BCUT2D eigenvalue weighted by atomic mass is 10.1. The largest absolute Gasteiger partial charge is 0.335 e. The minimum Gasteiger partial charge on any atom is -0.335 e. The summed E-state index contributed by atoms with van der Waals surface area (Å²) in [6.45, 7) is 5.72. The zero-order chi connectivity index (χ0) is 13.1. The van der Waals surface area contributed by atoms with Gasteiger partial charge in [0.15, 0.2) is 0 Å². The molecule has 0 spiro atoms. The van der Waals surface area contributed by atoms with Gasteiger partial charge in [0.2, 0.25) is 5.91 Å². The average molecular weight is 267 g/mol. The molecule has 0 aromatic heterocycles. The van der Waals surface area contributed by atoms with Crippen molar-refractivity contribution in [2.45, 2.75) is 32.4 Å². The van der Waals surface area contributed by atoms with Crippen molar-refractivity contribution >= 4 is 17.5 Å². The molecule has 1 amide bonds. The van der Waals surface area contributed by atoms with Crippen molar-refractivity contribution in [2.24, 2.45) is 0 Å². The van der Waals surface area contributed by atoms with Crippen LogP contribution in [0, 0.1) is 0 Å². The highest BCUT2D eigenvalue weighted by Crippen LogP contribution is 2.27. The molecule has 98 valence electrons. The molecule has 2 unspecified atom stereocenters. The Morgan fingerprint density at radius 2 is 2.33 bits per heavy atom. The van der Waals surface area contributed by atoms with Crippen molar-refractivity contribution in [3.05, 3.63) is 34.9 Å². The fourth-order valence-electron chi connectivity index (χ4n) is 2.47. The summed E-state index contributed by atoms with van der Waals surface area (Å²) in [5.74, 6) is 0.198. The van der Waals surface area contributed by atoms with E-state index >= 15 is 0 Å². The lowest BCUT2D eigenvalue weighted by molar-refractivity contribution is -0.131. The Kier molecular flexibility index (Phi) is 4.25. The van der Waals surface area contributed by atoms with Crippen LogP contribution < -0.4 is 5.32 Å². The normalized spacial score (nSPS) is 21.4. The molecular formula is C14H19ClN2O. The van der Waals surface area contributed by atoms with E-state index in [0.29, 0.717) is 5.02 Å². The van der Waals surface area contributed by atoms with Gasteiger partial charge >= 0.3 is 0 Å². The number of benzene rings is 1. The maximum Gasteiger partial charge on any atom is 0.240 e. The first kappa shape index (κ1) is 13.4. The van der Waals surface area contributed by atoms with Crippen LogP contribution >= 0.6 is 11.6 Å². The van der Waals surface area contributed by atoms with E-state index in [2.05, 4.69) is 12.2 Å². The van der Waals surface area contributed by atoms with Gasteiger partial charge in [-0.3, -0.25) is 4.79 Å². The number of carbonyl (C=O) groups is 1. The van der Waals surface area contributed by atoms with E-state index in [1.165, 1.54) is 0 Å². The average Bonchev–Trinajstić information content (AvgIpc) is 2.71. The van der Waals surface area contributed by atoms with E-state index in [-0.39, 0.29) is 18.0 Å². The van der Waals surface area contributed by atoms with Crippen LogP contribution in [-0.4, -0.2) is 29.9 Å². The summed E-state index contributed by atoms with van der Waals surface area (Å²) in [4.78, 5) is 14.2. The molecule has 1 aliphatic rings. The Morgan fingerprint density at radius 1 is 1.56 bits per heavy atom. The highest BCUT2D eigenvalue weighted by Gasteiger charge is 2.34. The predicted molar refractivity (Wildman–Crippen MR) is 73.7 cm³/mol. The summed E-state index contributed by atoms with van der Waals surface area (Å²) in [7, 11) is 0. The Hall–Kier alpha value is -1.06. The number of hydrogen-bond acceptors (Lipinski definition) is 2. The molecule has 1 aliphatic heterocycles. The molecule has 1 N–H and O–H groups in total. The number of hydrogen-bond donors (Lipinski definition) is 1. The number of nitrogens with zero attached hydrogens (tertiary/aromatic N) is 1. The number of halogens is 1. The molecule has 1 fully saturated rings. The van der Waals surface area contributed by atoms with Crippen molar-refractivity contribution < 1.29 is 4.79 Å². The van der Waals surface area contributed by atoms with E-state index < -0.39 is 0 Å². The van der Waals surface area contributed by atoms with Crippen LogP contribution in [-0.2, 0) is 4.79 Å². The summed E-state index contributed by atoms with van der Waals surface area (Å²) < 4.78 is 0. The number of nitrogens with one attached hydrogen (secondary N) is 1. The lowest BCUT2D eigenvalue weighted by Crippen LogP contribution is -2.39. The number of likely N-dealkylation sites (N-methyl/N-ethyl adjacent to an activating group) is 1. The minimum absolute atomic E-state index is 0.0170. The van der Waals surface area contributed by atoms with Crippen LogP contribution in [0.4, 0.5) is 0 Å². The monoisotopic (exact) mass is 266 g/mol. The molecule has 0 aliphatic carbocycles.